The van der Waals surface area contributed by atoms with Crippen LogP contribution in [0.2, 0.25) is 0 Å². The lowest BCUT2D eigenvalue weighted by molar-refractivity contribution is 1.17. The number of fused-ring (bicyclic) bond motifs is 6. The Morgan fingerprint density at radius 2 is 0.680 bits per heavy atom. The summed E-state index contributed by atoms with van der Waals surface area (Å²) in [6.45, 7) is 0. The lowest BCUT2D eigenvalue weighted by atomic mass is 9.93. The van der Waals surface area contributed by atoms with Crippen LogP contribution < -0.4 is 20.7 Å². The molecule has 12 aromatic carbocycles. The summed E-state index contributed by atoms with van der Waals surface area (Å²) < 4.78 is 5.04. The number of hydrogen-bond acceptors (Lipinski definition) is 0. The Morgan fingerprint density at radius 1 is 0.240 bits per heavy atom. The molecule has 0 unspecified atom stereocenters. The van der Waals surface area contributed by atoms with Gasteiger partial charge in [-0.05, 0) is 96.6 Å². The molecule has 0 bridgehead atoms. The van der Waals surface area contributed by atoms with Gasteiger partial charge >= 0.3 is 0 Å². The summed E-state index contributed by atoms with van der Waals surface area (Å²) in [7, 11) is -3.05. The molecule has 75 heavy (non-hydrogen) atoms. The summed E-state index contributed by atoms with van der Waals surface area (Å²) in [5.74, 6) is 0. The van der Waals surface area contributed by atoms with Crippen LogP contribution in [0.1, 0.15) is 0 Å². The number of hydrogen-bond donors (Lipinski definition) is 0. The van der Waals surface area contributed by atoms with E-state index in [-0.39, 0.29) is 0 Å². The standard InChI is InChI=1S/C72H50N2Si/c1-6-24-51(25-7-1)54-30-20-32-56(48-54)62-41-22-40-61(53-28-10-3-11-29-53)72(62)74-66-42-18-16-38-63(66)65-50-57(46-47-68(65)74)73-67-43-19-17-39-64(67)71-69(73)44-23-45-70(71)75(58-33-12-4-13-34-58,59-35-14-5-15-36-59)60-37-21-31-55(49-60)52-26-8-2-9-27-52/h1-50H. The fourth-order valence-electron chi connectivity index (χ4n) is 12.2. The van der Waals surface area contributed by atoms with Gasteiger partial charge in [0, 0.05) is 38.4 Å². The molecule has 2 heterocycles. The first-order valence-electron chi connectivity index (χ1n) is 25.9. The second-order valence-electron chi connectivity index (χ2n) is 19.5. The van der Waals surface area contributed by atoms with Gasteiger partial charge in [-0.3, -0.25) is 0 Å². The minimum atomic E-state index is -3.05. The first-order valence-corrected chi connectivity index (χ1v) is 27.9. The minimum absolute atomic E-state index is 1.12. The van der Waals surface area contributed by atoms with E-state index in [2.05, 4.69) is 312 Å². The highest BCUT2D eigenvalue weighted by Crippen LogP contribution is 2.43. The van der Waals surface area contributed by atoms with E-state index in [1.54, 1.807) is 0 Å². The van der Waals surface area contributed by atoms with E-state index in [9.17, 15) is 0 Å². The Hall–Kier alpha value is -9.54. The third kappa shape index (κ3) is 7.31. The van der Waals surface area contributed by atoms with E-state index in [1.807, 2.05) is 0 Å². The molecule has 0 saturated carbocycles. The van der Waals surface area contributed by atoms with Crippen molar-refractivity contribution >= 4 is 72.4 Å². The van der Waals surface area contributed by atoms with E-state index in [4.69, 9.17) is 0 Å². The molecule has 0 saturated heterocycles. The van der Waals surface area contributed by atoms with Gasteiger partial charge in [-0.15, -0.1) is 0 Å². The van der Waals surface area contributed by atoms with Crippen LogP contribution in [0.5, 0.6) is 0 Å². The summed E-state index contributed by atoms with van der Waals surface area (Å²) in [6, 6.07) is 113. The Bertz CT molecular complexity index is 4350. The molecule has 14 aromatic rings. The van der Waals surface area contributed by atoms with Gasteiger partial charge in [0.05, 0.1) is 27.8 Å². The monoisotopic (exact) mass is 970 g/mol. The third-order valence-corrected chi connectivity index (χ3v) is 20.3. The average molecular weight is 971 g/mol. The fourth-order valence-corrected chi connectivity index (χ4v) is 17.2. The molecule has 0 atom stereocenters. The van der Waals surface area contributed by atoms with Crippen LogP contribution in [0, 0.1) is 0 Å². The van der Waals surface area contributed by atoms with Crippen LogP contribution in [-0.2, 0) is 0 Å². The Morgan fingerprint density at radius 3 is 1.33 bits per heavy atom. The maximum Gasteiger partial charge on any atom is 0.180 e. The predicted molar refractivity (Wildman–Crippen MR) is 320 cm³/mol. The number of nitrogens with zero attached hydrogens (tertiary/aromatic N) is 2. The highest BCUT2D eigenvalue weighted by molar-refractivity contribution is 7.20. The van der Waals surface area contributed by atoms with Gasteiger partial charge in [-0.1, -0.05) is 261 Å². The van der Waals surface area contributed by atoms with Crippen LogP contribution in [0.25, 0.3) is 99.5 Å². The van der Waals surface area contributed by atoms with E-state index in [0.717, 1.165) is 22.4 Å². The first kappa shape index (κ1) is 44.2. The molecule has 0 N–H and O–H groups in total. The lowest BCUT2D eigenvalue weighted by Crippen LogP contribution is -2.74. The number of benzene rings is 12. The minimum Gasteiger partial charge on any atom is -0.309 e. The van der Waals surface area contributed by atoms with Crippen molar-refractivity contribution in [2.45, 2.75) is 0 Å². The van der Waals surface area contributed by atoms with Crippen molar-refractivity contribution in [2.75, 3.05) is 0 Å². The molecular weight excluding hydrogens is 921 g/mol. The number of aromatic nitrogens is 2. The van der Waals surface area contributed by atoms with Gasteiger partial charge < -0.3 is 9.13 Å². The van der Waals surface area contributed by atoms with Crippen molar-refractivity contribution in [3.05, 3.63) is 303 Å². The van der Waals surface area contributed by atoms with Gasteiger partial charge in [-0.2, -0.15) is 0 Å². The van der Waals surface area contributed by atoms with Gasteiger partial charge in [0.25, 0.3) is 0 Å². The fraction of sp³-hybridized carbons (Fsp3) is 0. The van der Waals surface area contributed by atoms with E-state index in [1.165, 1.54) is 97.8 Å². The molecular formula is C72H50N2Si. The molecule has 0 aliphatic heterocycles. The highest BCUT2D eigenvalue weighted by Gasteiger charge is 2.43. The van der Waals surface area contributed by atoms with Gasteiger partial charge in [0.1, 0.15) is 0 Å². The second-order valence-corrected chi connectivity index (χ2v) is 23.3. The van der Waals surface area contributed by atoms with Crippen LogP contribution in [-0.4, -0.2) is 17.2 Å². The predicted octanol–water partition coefficient (Wildman–Crippen LogP) is 15.9. The van der Waals surface area contributed by atoms with Crippen molar-refractivity contribution in [2.24, 2.45) is 0 Å². The molecule has 0 amide bonds. The van der Waals surface area contributed by atoms with Crippen LogP contribution >= 0.6 is 0 Å². The molecule has 352 valence electrons. The summed E-state index contributed by atoms with van der Waals surface area (Å²) in [6.07, 6.45) is 0. The van der Waals surface area contributed by atoms with E-state index >= 15 is 0 Å². The molecule has 0 spiro atoms. The smallest absolute Gasteiger partial charge is 0.180 e. The molecule has 0 aliphatic carbocycles. The Labute approximate surface area is 438 Å². The molecule has 0 fully saturated rings. The van der Waals surface area contributed by atoms with Crippen molar-refractivity contribution in [1.82, 2.24) is 9.13 Å². The zero-order valence-corrected chi connectivity index (χ0v) is 42.3. The van der Waals surface area contributed by atoms with Gasteiger partial charge in [0.15, 0.2) is 8.07 Å². The summed E-state index contributed by atoms with van der Waals surface area (Å²) >= 11 is 0. The zero-order valence-electron chi connectivity index (χ0n) is 41.3. The van der Waals surface area contributed by atoms with Crippen molar-refractivity contribution in [1.29, 1.82) is 0 Å². The molecule has 2 nitrogen and oxygen atoms in total. The van der Waals surface area contributed by atoms with Crippen molar-refractivity contribution in [3.63, 3.8) is 0 Å². The van der Waals surface area contributed by atoms with Crippen LogP contribution in [0.3, 0.4) is 0 Å². The van der Waals surface area contributed by atoms with Crippen molar-refractivity contribution < 1.29 is 0 Å². The molecule has 14 rings (SSSR count). The van der Waals surface area contributed by atoms with E-state index < -0.39 is 8.07 Å². The maximum absolute atomic E-state index is 3.05. The summed E-state index contributed by atoms with van der Waals surface area (Å²) in [5, 5.41) is 10.4. The summed E-state index contributed by atoms with van der Waals surface area (Å²) in [5.41, 5.74) is 16.5. The van der Waals surface area contributed by atoms with E-state index in [0.29, 0.717) is 0 Å². The van der Waals surface area contributed by atoms with Crippen LogP contribution in [0.15, 0.2) is 303 Å². The van der Waals surface area contributed by atoms with Crippen LogP contribution in [0.4, 0.5) is 0 Å². The summed E-state index contributed by atoms with van der Waals surface area (Å²) in [4.78, 5) is 0. The second kappa shape index (κ2) is 18.5. The zero-order chi connectivity index (χ0) is 49.7. The first-order chi connectivity index (χ1) is 37.2. The molecule has 2 aromatic heterocycles. The maximum atomic E-state index is 2.52. The van der Waals surface area contributed by atoms with Gasteiger partial charge in [-0.25, -0.2) is 0 Å². The molecule has 0 aliphatic rings. The highest BCUT2D eigenvalue weighted by atomic mass is 28.3. The largest absolute Gasteiger partial charge is 0.309 e. The Kier molecular flexibility index (Phi) is 10.9. The third-order valence-electron chi connectivity index (χ3n) is 15.5. The normalized spacial score (nSPS) is 11.7. The Balaban J connectivity index is 1.03. The lowest BCUT2D eigenvalue weighted by Gasteiger charge is -2.35. The molecule has 3 heteroatoms. The van der Waals surface area contributed by atoms with Crippen molar-refractivity contribution in [3.8, 4) is 55.9 Å². The SMILES string of the molecule is c1ccc(-c2cccc(-c3cccc(-c4ccccc4)c3-n3c4ccccc4c4cc(-n5c6ccccc6c6c([Si](c7ccccc7)(c7ccccc7)c7cccc(-c8ccccc8)c7)cccc65)ccc43)c2)cc1. The van der Waals surface area contributed by atoms with Gasteiger partial charge in [0.2, 0.25) is 0 Å². The number of para-hydroxylation sites is 3. The average Bonchev–Trinajstić information content (AvgIpc) is 4.08. The number of rotatable bonds is 10. The topological polar surface area (TPSA) is 9.86 Å². The molecule has 0 radical (unpaired) electrons. The quantitative estimate of drug-likeness (QED) is 0.0955.